The molecule has 0 saturated carbocycles. The molecule has 150 valence electrons. The number of benzene rings is 2. The van der Waals surface area contributed by atoms with Crippen LogP contribution in [0, 0.1) is 11.8 Å². The zero-order valence-electron chi connectivity index (χ0n) is 17.4. The van der Waals surface area contributed by atoms with Crippen LogP contribution in [0.4, 0.5) is 5.69 Å². The summed E-state index contributed by atoms with van der Waals surface area (Å²) in [6, 6.07) is 15.4. The Labute approximate surface area is 173 Å². The summed E-state index contributed by atoms with van der Waals surface area (Å²) < 4.78 is 0. The molecule has 1 aliphatic heterocycles. The fraction of sp³-hybridized carbons (Fsp3) is 0.360. The maximum atomic E-state index is 12.3. The van der Waals surface area contributed by atoms with Crippen molar-refractivity contribution in [3.05, 3.63) is 65.2 Å². The molecule has 0 spiro atoms. The number of nitrogens with zero attached hydrogens (tertiary/aromatic N) is 1. The smallest absolute Gasteiger partial charge is 0.252 e. The van der Waals surface area contributed by atoms with Gasteiger partial charge < -0.3 is 10.2 Å². The predicted octanol–water partition coefficient (Wildman–Crippen LogP) is 4.28. The van der Waals surface area contributed by atoms with E-state index in [1.165, 1.54) is 5.56 Å². The van der Waals surface area contributed by atoms with Crippen molar-refractivity contribution in [1.82, 2.24) is 5.32 Å². The Hall–Kier alpha value is -3.06. The van der Waals surface area contributed by atoms with Crippen LogP contribution in [-0.2, 0) is 10.2 Å². The number of amides is 2. The molecule has 1 saturated heterocycles. The lowest BCUT2D eigenvalue weighted by Crippen LogP contribution is -2.35. The number of carbonyl (C=O) groups excluding carboxylic acids is 2. The minimum atomic E-state index is -0.126. The third-order valence-electron chi connectivity index (χ3n) is 5.09. The summed E-state index contributed by atoms with van der Waals surface area (Å²) in [6.07, 6.45) is 2.65. The second kappa shape index (κ2) is 8.96. The molecule has 4 heteroatoms. The fourth-order valence-electron chi connectivity index (χ4n) is 3.30. The van der Waals surface area contributed by atoms with E-state index < -0.39 is 0 Å². The quantitative estimate of drug-likeness (QED) is 0.798. The van der Waals surface area contributed by atoms with Crippen molar-refractivity contribution < 1.29 is 9.59 Å². The molecule has 4 nitrogen and oxygen atoms in total. The minimum Gasteiger partial charge on any atom is -0.341 e. The molecule has 1 fully saturated rings. The van der Waals surface area contributed by atoms with Crippen LogP contribution in [0.3, 0.4) is 0 Å². The zero-order valence-corrected chi connectivity index (χ0v) is 17.4. The van der Waals surface area contributed by atoms with E-state index in [0.29, 0.717) is 12.0 Å². The molecule has 1 aliphatic rings. The van der Waals surface area contributed by atoms with Gasteiger partial charge in [-0.25, -0.2) is 0 Å². The van der Waals surface area contributed by atoms with Gasteiger partial charge in [-0.2, -0.15) is 0 Å². The number of hydrogen-bond acceptors (Lipinski definition) is 2. The van der Waals surface area contributed by atoms with Crippen LogP contribution in [0.2, 0.25) is 0 Å². The van der Waals surface area contributed by atoms with Crippen molar-refractivity contribution in [2.45, 2.75) is 45.4 Å². The third kappa shape index (κ3) is 5.48. The van der Waals surface area contributed by atoms with Gasteiger partial charge in [0.05, 0.1) is 6.54 Å². The lowest BCUT2D eigenvalue weighted by Gasteiger charge is -2.26. The lowest BCUT2D eigenvalue weighted by molar-refractivity contribution is -0.119. The summed E-state index contributed by atoms with van der Waals surface area (Å²) in [5.41, 5.74) is 3.69. The zero-order chi connectivity index (χ0) is 20.9. The second-order valence-electron chi connectivity index (χ2n) is 8.36. The van der Waals surface area contributed by atoms with Crippen molar-refractivity contribution >= 4 is 17.5 Å². The Balaban J connectivity index is 1.53. The summed E-state index contributed by atoms with van der Waals surface area (Å²) in [5, 5.41) is 2.83. The number of anilines is 1. The molecular weight excluding hydrogens is 360 g/mol. The first-order valence-electron chi connectivity index (χ1n) is 10.1. The van der Waals surface area contributed by atoms with Crippen molar-refractivity contribution in [1.29, 1.82) is 0 Å². The van der Waals surface area contributed by atoms with Crippen molar-refractivity contribution in [2.75, 3.05) is 18.0 Å². The van der Waals surface area contributed by atoms with Crippen LogP contribution in [0.1, 0.15) is 61.5 Å². The number of carbonyl (C=O) groups is 2. The van der Waals surface area contributed by atoms with Crippen LogP contribution < -0.4 is 10.2 Å². The Morgan fingerprint density at radius 1 is 1.03 bits per heavy atom. The number of rotatable bonds is 3. The Bertz CT molecular complexity index is 926. The third-order valence-corrected chi connectivity index (χ3v) is 5.09. The molecule has 2 aromatic rings. The molecule has 2 aromatic carbocycles. The van der Waals surface area contributed by atoms with Crippen LogP contribution in [0.25, 0.3) is 0 Å². The van der Waals surface area contributed by atoms with Gasteiger partial charge in [-0.1, -0.05) is 44.7 Å². The van der Waals surface area contributed by atoms with Crippen molar-refractivity contribution in [2.24, 2.45) is 0 Å². The van der Waals surface area contributed by atoms with Gasteiger partial charge >= 0.3 is 0 Å². The number of piperidine rings is 1. The Morgan fingerprint density at radius 3 is 2.34 bits per heavy atom. The summed E-state index contributed by atoms with van der Waals surface area (Å²) in [6.45, 7) is 7.51. The lowest BCUT2D eigenvalue weighted by atomic mass is 9.87. The normalized spacial score (nSPS) is 14.2. The van der Waals surface area contributed by atoms with E-state index in [-0.39, 0.29) is 23.8 Å². The first-order chi connectivity index (χ1) is 13.8. The molecule has 3 rings (SSSR count). The van der Waals surface area contributed by atoms with E-state index in [4.69, 9.17) is 0 Å². The first kappa shape index (κ1) is 20.7. The molecule has 1 heterocycles. The van der Waals surface area contributed by atoms with E-state index in [2.05, 4.69) is 37.9 Å². The summed E-state index contributed by atoms with van der Waals surface area (Å²) in [4.78, 5) is 26.1. The van der Waals surface area contributed by atoms with E-state index >= 15 is 0 Å². The molecule has 0 radical (unpaired) electrons. The monoisotopic (exact) mass is 388 g/mol. The topological polar surface area (TPSA) is 49.4 Å². The summed E-state index contributed by atoms with van der Waals surface area (Å²) in [7, 11) is 0. The van der Waals surface area contributed by atoms with E-state index in [0.717, 1.165) is 30.6 Å². The van der Waals surface area contributed by atoms with E-state index in [1.807, 2.05) is 53.4 Å². The number of nitrogens with one attached hydrogen (secondary N) is 1. The largest absolute Gasteiger partial charge is 0.341 e. The highest BCUT2D eigenvalue weighted by Crippen LogP contribution is 2.22. The fourth-order valence-corrected chi connectivity index (χ4v) is 3.30. The standard InChI is InChI=1S/C25H28N2O2/c1-25(2,3)21-13-11-20(12-14-21)24(29)26-17-6-7-19-9-15-22(16-10-19)27-18-5-4-8-23(27)28/h9-16H,4-5,8,17-18H2,1-3H3,(H,26,29). The van der Waals surface area contributed by atoms with Crippen molar-refractivity contribution in [3.8, 4) is 11.8 Å². The van der Waals surface area contributed by atoms with Crippen LogP contribution in [-0.4, -0.2) is 24.9 Å². The Morgan fingerprint density at radius 2 is 1.72 bits per heavy atom. The highest BCUT2D eigenvalue weighted by Gasteiger charge is 2.19. The SMILES string of the molecule is CC(C)(C)c1ccc(C(=O)NCC#Cc2ccc(N3CCCCC3=O)cc2)cc1. The van der Waals surface area contributed by atoms with Crippen LogP contribution in [0.5, 0.6) is 0 Å². The van der Waals surface area contributed by atoms with Crippen LogP contribution in [0.15, 0.2) is 48.5 Å². The van der Waals surface area contributed by atoms with Gasteiger partial charge in [0, 0.05) is 29.8 Å². The molecule has 0 bridgehead atoms. The maximum Gasteiger partial charge on any atom is 0.252 e. The van der Waals surface area contributed by atoms with Gasteiger partial charge in [0.25, 0.3) is 5.91 Å². The maximum absolute atomic E-state index is 12.3. The van der Waals surface area contributed by atoms with Gasteiger partial charge in [-0.3, -0.25) is 9.59 Å². The highest BCUT2D eigenvalue weighted by molar-refractivity contribution is 5.94. The molecule has 0 aromatic heterocycles. The average molecular weight is 389 g/mol. The summed E-state index contributed by atoms with van der Waals surface area (Å²) >= 11 is 0. The molecule has 0 atom stereocenters. The van der Waals surface area contributed by atoms with E-state index in [1.54, 1.807) is 0 Å². The second-order valence-corrected chi connectivity index (χ2v) is 8.36. The molecule has 1 N–H and O–H groups in total. The number of hydrogen-bond donors (Lipinski definition) is 1. The molecule has 2 amide bonds. The van der Waals surface area contributed by atoms with Crippen LogP contribution >= 0.6 is 0 Å². The molecule has 0 unspecified atom stereocenters. The van der Waals surface area contributed by atoms with Gasteiger partial charge in [0.15, 0.2) is 0 Å². The van der Waals surface area contributed by atoms with Gasteiger partial charge in [0.2, 0.25) is 5.91 Å². The van der Waals surface area contributed by atoms with Gasteiger partial charge in [-0.15, -0.1) is 0 Å². The molecular formula is C25H28N2O2. The summed E-state index contributed by atoms with van der Waals surface area (Å²) in [5.74, 6) is 6.10. The Kier molecular flexibility index (Phi) is 6.39. The van der Waals surface area contributed by atoms with E-state index in [9.17, 15) is 9.59 Å². The first-order valence-corrected chi connectivity index (χ1v) is 10.1. The molecule has 29 heavy (non-hydrogen) atoms. The average Bonchev–Trinajstić information content (AvgIpc) is 2.71. The highest BCUT2D eigenvalue weighted by atomic mass is 16.2. The predicted molar refractivity (Wildman–Crippen MR) is 117 cm³/mol. The van der Waals surface area contributed by atoms with Crippen molar-refractivity contribution in [3.63, 3.8) is 0 Å². The molecule has 0 aliphatic carbocycles. The van der Waals surface area contributed by atoms with Gasteiger partial charge in [-0.05, 0) is 60.2 Å². The minimum absolute atomic E-state index is 0.0668. The van der Waals surface area contributed by atoms with Gasteiger partial charge in [0.1, 0.15) is 0 Å².